The lowest BCUT2D eigenvalue weighted by atomic mass is 9.77. The Kier molecular flexibility index (Phi) is 11.9. The topological polar surface area (TPSA) is 139 Å². The van der Waals surface area contributed by atoms with Gasteiger partial charge in [-0.1, -0.05) is 157 Å². The zero-order valence-corrected chi connectivity index (χ0v) is 34.7. The Morgan fingerprint density at radius 1 is 0.867 bits per heavy atom. The average molecular weight is 858 g/mol. The van der Waals surface area contributed by atoms with Crippen molar-refractivity contribution in [3.05, 3.63) is 191 Å². The summed E-state index contributed by atoms with van der Waals surface area (Å²) in [5.41, 5.74) is 2.11. The lowest BCUT2D eigenvalue weighted by Crippen LogP contribution is -2.77. The first-order valence-electron chi connectivity index (χ1n) is 19.2. The summed E-state index contributed by atoms with van der Waals surface area (Å²) in [6.45, 7) is -0.126. The highest BCUT2D eigenvalue weighted by Gasteiger charge is 2.61. The van der Waals surface area contributed by atoms with Gasteiger partial charge in [-0.05, 0) is 27.8 Å². The molecule has 2 aliphatic heterocycles. The molecule has 8 rings (SSSR count). The van der Waals surface area contributed by atoms with Crippen molar-refractivity contribution in [3.8, 4) is 0 Å². The number of benzene rings is 5. The number of amides is 2. The summed E-state index contributed by atoms with van der Waals surface area (Å²) in [5.74, 6) is -2.32. The Hall–Kier alpha value is -6.15. The second-order valence-electron chi connectivity index (χ2n) is 14.5. The van der Waals surface area contributed by atoms with Gasteiger partial charge in [0.1, 0.15) is 35.2 Å². The molecule has 0 bridgehead atoms. The lowest BCUT2D eigenvalue weighted by Gasteiger charge is -2.53. The quantitative estimate of drug-likeness (QED) is 0.0303. The van der Waals surface area contributed by atoms with Crippen molar-refractivity contribution in [2.24, 2.45) is 10.6 Å². The number of hydrogen-bond donors (Lipinski definition) is 2. The summed E-state index contributed by atoms with van der Waals surface area (Å²) in [7, 11) is -0.495. The number of halogens is 1. The first-order valence-corrected chi connectivity index (χ1v) is 21.9. The summed E-state index contributed by atoms with van der Waals surface area (Å²) < 4.78 is 20.1. The molecule has 4 atom stereocenters. The van der Waals surface area contributed by atoms with Crippen LogP contribution in [0.15, 0.2) is 162 Å². The Morgan fingerprint density at radius 2 is 1.37 bits per heavy atom. The van der Waals surface area contributed by atoms with Gasteiger partial charge in [0.25, 0.3) is 5.91 Å². The summed E-state index contributed by atoms with van der Waals surface area (Å²) in [6, 6.07) is 47.5. The van der Waals surface area contributed by atoms with E-state index >= 15 is 0 Å². The molecule has 0 spiro atoms. The first-order chi connectivity index (χ1) is 29.3. The predicted molar refractivity (Wildman–Crippen MR) is 233 cm³/mol. The molecule has 1 aromatic heterocycles. The second-order valence-corrected chi connectivity index (χ2v) is 17.1. The lowest BCUT2D eigenvalue weighted by molar-refractivity contribution is -0.164. The number of ether oxygens (including phenoxy) is 1. The van der Waals surface area contributed by atoms with Crippen LogP contribution >= 0.6 is 22.9 Å². The minimum atomic E-state index is -1.80. The van der Waals surface area contributed by atoms with Crippen molar-refractivity contribution in [2.45, 2.75) is 23.1 Å². The normalized spacial score (nSPS) is 20.1. The summed E-state index contributed by atoms with van der Waals surface area (Å²) in [6.07, 6.45) is -0.753. The minimum absolute atomic E-state index is 0.126. The maximum atomic E-state index is 14.1. The SMILES string of the molecule is CON=C(C(=O)NC1C(=O)N2CC(CCl)(C(=O)OC(c3ccccc3)c3ccccc3)CS(=O)[C@H]12)c1csc(NC(c2ccccc2)(c2ccccc2)c2ccccc2)n1. The molecular formula is C46H40ClN5O6S2. The van der Waals surface area contributed by atoms with Crippen molar-refractivity contribution in [1.29, 1.82) is 0 Å². The second kappa shape index (κ2) is 17.6. The van der Waals surface area contributed by atoms with E-state index in [1.165, 1.54) is 23.3 Å². The molecular weight excluding hydrogens is 818 g/mol. The molecule has 3 unspecified atom stereocenters. The molecule has 11 nitrogen and oxygen atoms in total. The summed E-state index contributed by atoms with van der Waals surface area (Å²) >= 11 is 7.76. The molecule has 3 heterocycles. The van der Waals surface area contributed by atoms with Crippen LogP contribution in [0.4, 0.5) is 5.13 Å². The fourth-order valence-corrected chi connectivity index (χ4v) is 10.9. The van der Waals surface area contributed by atoms with E-state index in [0.717, 1.165) is 27.8 Å². The van der Waals surface area contributed by atoms with Crippen molar-refractivity contribution < 1.29 is 28.2 Å². The third-order valence-corrected chi connectivity index (χ3v) is 13.9. The smallest absolute Gasteiger partial charge is 0.317 e. The van der Waals surface area contributed by atoms with E-state index in [9.17, 15) is 18.6 Å². The summed E-state index contributed by atoms with van der Waals surface area (Å²) in [5, 5.41) is 11.7. The number of rotatable bonds is 14. The molecule has 0 aliphatic carbocycles. The Morgan fingerprint density at radius 3 is 1.85 bits per heavy atom. The van der Waals surface area contributed by atoms with Gasteiger partial charge in [-0.3, -0.25) is 18.6 Å². The number of alkyl halides is 1. The van der Waals surface area contributed by atoms with E-state index in [1.54, 1.807) is 5.38 Å². The molecule has 0 saturated carbocycles. The van der Waals surface area contributed by atoms with Gasteiger partial charge in [0.05, 0.1) is 0 Å². The number of carbonyl (C=O) groups excluding carboxylic acids is 3. The summed E-state index contributed by atoms with van der Waals surface area (Å²) in [4.78, 5) is 53.0. The van der Waals surface area contributed by atoms with Crippen LogP contribution in [0.1, 0.15) is 39.6 Å². The van der Waals surface area contributed by atoms with Crippen LogP contribution in [0.25, 0.3) is 0 Å². The third-order valence-electron chi connectivity index (χ3n) is 10.8. The molecule has 0 radical (unpaired) electrons. The number of hydrogen-bond acceptors (Lipinski definition) is 10. The highest BCUT2D eigenvalue weighted by atomic mass is 35.5. The number of fused-ring (bicyclic) bond motifs is 1. The van der Waals surface area contributed by atoms with Gasteiger partial charge < -0.3 is 25.1 Å². The van der Waals surface area contributed by atoms with E-state index in [0.29, 0.717) is 5.13 Å². The molecule has 14 heteroatoms. The van der Waals surface area contributed by atoms with Gasteiger partial charge in [-0.25, -0.2) is 4.98 Å². The van der Waals surface area contributed by atoms with Gasteiger partial charge in [0.2, 0.25) is 5.91 Å². The number of nitrogens with zero attached hydrogens (tertiary/aromatic N) is 3. The number of aromatic nitrogens is 1. The Balaban J connectivity index is 1.01. The molecule has 2 fully saturated rings. The average Bonchev–Trinajstić information content (AvgIpc) is 3.77. The maximum absolute atomic E-state index is 14.1. The number of β-lactam (4-membered cyclic amide) rings is 1. The van der Waals surface area contributed by atoms with Crippen molar-refractivity contribution in [2.75, 3.05) is 30.6 Å². The predicted octanol–water partition coefficient (Wildman–Crippen LogP) is 6.87. The van der Waals surface area contributed by atoms with E-state index in [1.807, 2.05) is 152 Å². The molecule has 60 heavy (non-hydrogen) atoms. The van der Waals surface area contributed by atoms with Crippen molar-refractivity contribution in [3.63, 3.8) is 0 Å². The van der Waals surface area contributed by atoms with Gasteiger partial charge in [-0.15, -0.1) is 22.9 Å². The van der Waals surface area contributed by atoms with E-state index in [2.05, 4.69) is 15.8 Å². The standard InChI is InChI=1S/C46H40ClN5O6S2/c1-57-51-37(36-27-59-44(48-36)50-46(33-21-11-4-12-22-33,34-23-13-5-14-24-34)35-25-15-6-16-26-35)40(53)49-38-41(54)52-29-45(28-47,30-60(56)42(38)52)43(55)58-39(31-17-7-2-8-18-31)32-19-9-3-10-20-32/h2-27,38-39,42H,28-30H2,1H3,(H,48,50)(H,49,53)/t38?,42-,45?,60?/m1/s1. The van der Waals surface area contributed by atoms with Crippen molar-refractivity contribution >= 4 is 62.4 Å². The molecule has 2 amide bonds. The van der Waals surface area contributed by atoms with Crippen LogP contribution < -0.4 is 10.6 Å². The fourth-order valence-electron chi connectivity index (χ4n) is 7.81. The van der Waals surface area contributed by atoms with Crippen molar-refractivity contribution in [1.82, 2.24) is 15.2 Å². The van der Waals surface area contributed by atoms with E-state index in [4.69, 9.17) is 26.2 Å². The molecule has 2 aliphatic rings. The molecule has 6 aromatic rings. The number of thiazole rings is 1. The highest BCUT2D eigenvalue weighted by molar-refractivity contribution is 7.86. The zero-order chi connectivity index (χ0) is 41.7. The van der Waals surface area contributed by atoms with Gasteiger partial charge in [-0.2, -0.15) is 0 Å². The van der Waals surface area contributed by atoms with Crippen LogP contribution in [0, 0.1) is 5.41 Å². The number of carbonyl (C=O) groups is 3. The monoisotopic (exact) mass is 857 g/mol. The van der Waals surface area contributed by atoms with Gasteiger partial charge in [0, 0.05) is 34.4 Å². The van der Waals surface area contributed by atoms with Gasteiger partial charge >= 0.3 is 5.97 Å². The number of esters is 1. The molecule has 304 valence electrons. The largest absolute Gasteiger partial charge is 0.452 e. The molecule has 2 N–H and O–H groups in total. The van der Waals surface area contributed by atoms with E-state index in [-0.39, 0.29) is 29.6 Å². The third kappa shape index (κ3) is 7.71. The van der Waals surface area contributed by atoms with Crippen LogP contribution in [-0.4, -0.2) is 74.3 Å². The van der Waals surface area contributed by atoms with Crippen LogP contribution in [0.2, 0.25) is 0 Å². The molecule has 2 saturated heterocycles. The number of oxime groups is 1. The number of nitrogens with one attached hydrogen (secondary N) is 2. The van der Waals surface area contributed by atoms with Crippen LogP contribution in [0.5, 0.6) is 0 Å². The zero-order valence-electron chi connectivity index (χ0n) is 32.4. The highest BCUT2D eigenvalue weighted by Crippen LogP contribution is 2.42. The van der Waals surface area contributed by atoms with Crippen LogP contribution in [-0.2, 0) is 40.3 Å². The fraction of sp³-hybridized carbons (Fsp3) is 0.196. The Labute approximate surface area is 358 Å². The maximum Gasteiger partial charge on any atom is 0.317 e. The first kappa shape index (κ1) is 40.6. The Bertz CT molecular complexity index is 2380. The van der Waals surface area contributed by atoms with Gasteiger partial charge in [0.15, 0.2) is 16.9 Å². The minimum Gasteiger partial charge on any atom is -0.452 e. The van der Waals surface area contributed by atoms with E-state index < -0.39 is 57.1 Å². The van der Waals surface area contributed by atoms with Crippen LogP contribution in [0.3, 0.4) is 0 Å². The molecule has 5 aromatic carbocycles. The number of anilines is 1.